The summed E-state index contributed by atoms with van der Waals surface area (Å²) < 4.78 is 5.53. The largest absolute Gasteiger partial charge is 0.477 e. The molecule has 2 fully saturated rings. The number of anilines is 1. The molecule has 29 heavy (non-hydrogen) atoms. The quantitative estimate of drug-likeness (QED) is 0.492. The smallest absolute Gasteiger partial charge is 0.348 e. The third kappa shape index (κ3) is 4.36. The van der Waals surface area contributed by atoms with Crippen LogP contribution in [0.4, 0.5) is 5.69 Å². The van der Waals surface area contributed by atoms with E-state index in [-0.39, 0.29) is 22.9 Å². The van der Waals surface area contributed by atoms with Crippen molar-refractivity contribution in [1.82, 2.24) is 0 Å². The number of carbonyl (C=O) groups is 2. The molecule has 5 nitrogen and oxygen atoms in total. The van der Waals surface area contributed by atoms with Crippen LogP contribution in [-0.2, 0) is 7.86 Å². The summed E-state index contributed by atoms with van der Waals surface area (Å²) in [6.45, 7) is 0. The molecular formula is C22H24INO4S. The molecule has 1 saturated carbocycles. The number of amides is 1. The van der Waals surface area contributed by atoms with E-state index in [4.69, 9.17) is 3.07 Å². The summed E-state index contributed by atoms with van der Waals surface area (Å²) >= 11 is 3.13. The molecule has 7 heteroatoms. The topological polar surface area (TPSA) is 66.8 Å². The second kappa shape index (κ2) is 9.14. The molecule has 1 saturated heterocycles. The highest BCUT2D eigenvalue weighted by molar-refractivity contribution is 14.1. The number of carbonyl (C=O) groups excluding carboxylic acids is 1. The van der Waals surface area contributed by atoms with Crippen molar-refractivity contribution in [2.24, 2.45) is 5.92 Å². The second-order valence-corrected chi connectivity index (χ2v) is 9.44. The Balaban J connectivity index is 1.76. The molecule has 2 unspecified atom stereocenters. The summed E-state index contributed by atoms with van der Waals surface area (Å²) in [7, 11) is 0. The molecule has 2 aromatic rings. The van der Waals surface area contributed by atoms with Gasteiger partial charge in [0.25, 0.3) is 0 Å². The highest BCUT2D eigenvalue weighted by atomic mass is 127. The normalized spacial score (nSPS) is 23.3. The summed E-state index contributed by atoms with van der Waals surface area (Å²) in [5.41, 5.74) is 1.52. The van der Waals surface area contributed by atoms with Crippen LogP contribution in [0.5, 0.6) is 0 Å². The Morgan fingerprint density at radius 2 is 1.90 bits per heavy atom. The first-order valence-corrected chi connectivity index (χ1v) is 11.8. The van der Waals surface area contributed by atoms with Gasteiger partial charge >= 0.3 is 5.97 Å². The van der Waals surface area contributed by atoms with Crippen LogP contribution in [0, 0.1) is 5.92 Å². The van der Waals surface area contributed by atoms with E-state index in [2.05, 4.69) is 0 Å². The van der Waals surface area contributed by atoms with Gasteiger partial charge in [0.1, 0.15) is 27.9 Å². The van der Waals surface area contributed by atoms with E-state index in [9.17, 15) is 14.7 Å². The Bertz CT molecular complexity index is 878. The van der Waals surface area contributed by atoms with Gasteiger partial charge in [0.15, 0.2) is 0 Å². The lowest BCUT2D eigenvalue weighted by Crippen LogP contribution is -2.52. The van der Waals surface area contributed by atoms with Gasteiger partial charge < -0.3 is 13.1 Å². The van der Waals surface area contributed by atoms with Gasteiger partial charge in [-0.2, -0.15) is 0 Å². The number of piperidine rings is 1. The van der Waals surface area contributed by atoms with Crippen LogP contribution in [0.15, 0.2) is 36.4 Å². The highest BCUT2D eigenvalue weighted by Gasteiger charge is 2.41. The first-order chi connectivity index (χ1) is 14.1. The first kappa shape index (κ1) is 20.8. The number of carboxylic acids is 1. The van der Waals surface area contributed by atoms with E-state index in [1.54, 1.807) is 4.90 Å². The van der Waals surface area contributed by atoms with Crippen molar-refractivity contribution in [3.05, 3.63) is 41.3 Å². The Morgan fingerprint density at radius 3 is 2.55 bits per heavy atom. The molecule has 1 aromatic carbocycles. The minimum atomic E-state index is -0.977. The van der Waals surface area contributed by atoms with Crippen molar-refractivity contribution < 1.29 is 17.8 Å². The number of aromatic carboxylic acids is 1. The molecular weight excluding hydrogens is 501 g/mol. The van der Waals surface area contributed by atoms with Crippen molar-refractivity contribution in [2.75, 3.05) is 4.90 Å². The average molecular weight is 525 g/mol. The lowest BCUT2D eigenvalue weighted by atomic mass is 9.79. The van der Waals surface area contributed by atoms with Gasteiger partial charge in [-0.1, -0.05) is 49.6 Å². The SMILES string of the molecule is O=C(O)c1sc(-c2ccccc2)cc1N1C(=O)CC(OI)CC1C1CCCCC1. The number of carboxylic acid groups (broad SMARTS) is 1. The first-order valence-electron chi connectivity index (χ1n) is 10.1. The van der Waals surface area contributed by atoms with E-state index >= 15 is 0 Å². The molecule has 4 rings (SSSR count). The van der Waals surface area contributed by atoms with Gasteiger partial charge in [0.2, 0.25) is 5.91 Å². The highest BCUT2D eigenvalue weighted by Crippen LogP contribution is 2.43. The number of nitrogens with zero attached hydrogens (tertiary/aromatic N) is 1. The molecule has 1 aromatic heterocycles. The fourth-order valence-electron chi connectivity index (χ4n) is 4.70. The van der Waals surface area contributed by atoms with Crippen molar-refractivity contribution >= 4 is 51.9 Å². The number of halogens is 1. The van der Waals surface area contributed by atoms with E-state index < -0.39 is 5.97 Å². The Morgan fingerprint density at radius 1 is 1.17 bits per heavy atom. The molecule has 0 radical (unpaired) electrons. The number of thiophene rings is 1. The number of rotatable bonds is 5. The molecule has 154 valence electrons. The van der Waals surface area contributed by atoms with Gasteiger partial charge in [-0.3, -0.25) is 4.79 Å². The third-order valence-electron chi connectivity index (χ3n) is 6.05. The predicted molar refractivity (Wildman–Crippen MR) is 123 cm³/mol. The lowest BCUT2D eigenvalue weighted by molar-refractivity contribution is -0.122. The van der Waals surface area contributed by atoms with E-state index in [1.165, 1.54) is 30.6 Å². The summed E-state index contributed by atoms with van der Waals surface area (Å²) in [5.74, 6) is -0.619. The fourth-order valence-corrected chi connectivity index (χ4v) is 6.08. The molecule has 1 amide bonds. The van der Waals surface area contributed by atoms with Gasteiger partial charge in [0.05, 0.1) is 18.2 Å². The van der Waals surface area contributed by atoms with Gasteiger partial charge in [0, 0.05) is 10.9 Å². The monoisotopic (exact) mass is 525 g/mol. The lowest BCUT2D eigenvalue weighted by Gasteiger charge is -2.43. The molecule has 0 spiro atoms. The average Bonchev–Trinajstić information content (AvgIpc) is 3.19. The predicted octanol–water partition coefficient (Wildman–Crippen LogP) is 5.92. The van der Waals surface area contributed by atoms with E-state index in [0.29, 0.717) is 18.0 Å². The molecule has 1 aliphatic carbocycles. The van der Waals surface area contributed by atoms with Crippen LogP contribution < -0.4 is 4.90 Å². The third-order valence-corrected chi connectivity index (χ3v) is 7.93. The maximum atomic E-state index is 13.2. The minimum Gasteiger partial charge on any atom is -0.477 e. The Kier molecular flexibility index (Phi) is 6.56. The van der Waals surface area contributed by atoms with Crippen molar-refractivity contribution in [2.45, 2.75) is 57.1 Å². The molecule has 2 aliphatic rings. The van der Waals surface area contributed by atoms with E-state index in [1.807, 2.05) is 59.4 Å². The zero-order valence-corrected chi connectivity index (χ0v) is 19.0. The van der Waals surface area contributed by atoms with Crippen LogP contribution in [-0.4, -0.2) is 29.1 Å². The maximum absolute atomic E-state index is 13.2. The van der Waals surface area contributed by atoms with Gasteiger partial charge in [-0.05, 0) is 36.8 Å². The zero-order valence-electron chi connectivity index (χ0n) is 16.1. The minimum absolute atomic E-state index is 0.00682. The number of hydrogen-bond donors (Lipinski definition) is 1. The zero-order chi connectivity index (χ0) is 20.4. The summed E-state index contributed by atoms with van der Waals surface area (Å²) in [6, 6.07) is 11.6. The molecule has 2 atom stereocenters. The van der Waals surface area contributed by atoms with Crippen molar-refractivity contribution in [1.29, 1.82) is 0 Å². The van der Waals surface area contributed by atoms with Crippen LogP contribution in [0.2, 0.25) is 0 Å². The fraction of sp³-hybridized carbons (Fsp3) is 0.455. The van der Waals surface area contributed by atoms with Gasteiger partial charge in [-0.15, -0.1) is 11.3 Å². The van der Waals surface area contributed by atoms with Crippen LogP contribution in [0.1, 0.15) is 54.6 Å². The number of benzene rings is 1. The van der Waals surface area contributed by atoms with Crippen molar-refractivity contribution in [3.8, 4) is 10.4 Å². The maximum Gasteiger partial charge on any atom is 0.348 e. The summed E-state index contributed by atoms with van der Waals surface area (Å²) in [6.07, 6.45) is 6.69. The van der Waals surface area contributed by atoms with Crippen LogP contribution in [0.3, 0.4) is 0 Å². The Labute approximate surface area is 188 Å². The van der Waals surface area contributed by atoms with E-state index in [0.717, 1.165) is 29.7 Å². The number of hydrogen-bond acceptors (Lipinski definition) is 4. The van der Waals surface area contributed by atoms with Crippen LogP contribution >= 0.6 is 34.3 Å². The molecule has 0 bridgehead atoms. The second-order valence-electron chi connectivity index (χ2n) is 7.88. The summed E-state index contributed by atoms with van der Waals surface area (Å²) in [5, 5.41) is 9.88. The molecule has 2 heterocycles. The summed E-state index contributed by atoms with van der Waals surface area (Å²) in [4.78, 5) is 28.2. The van der Waals surface area contributed by atoms with Crippen LogP contribution in [0.25, 0.3) is 10.4 Å². The Hall–Kier alpha value is -1.45. The molecule has 1 aliphatic heterocycles. The standard InChI is InChI=1S/C22H24INO4S/c23-28-16-11-17(14-7-3-1-4-8-14)24(20(25)12-16)18-13-19(29-21(18)22(26)27)15-9-5-2-6-10-15/h2,5-6,9-10,13-14,16-17H,1,3-4,7-8,11-12H2,(H,26,27). The molecule has 1 N–H and O–H groups in total. The van der Waals surface area contributed by atoms with Gasteiger partial charge in [-0.25, -0.2) is 4.79 Å². The van der Waals surface area contributed by atoms with Crippen molar-refractivity contribution in [3.63, 3.8) is 0 Å².